The SMILES string of the molecule is COC(=O)c1ccccc1NS(=O)(=O)c1cc(N2C(=O)CCC2=O)ccc1OC. The lowest BCUT2D eigenvalue weighted by Gasteiger charge is -2.18. The van der Waals surface area contributed by atoms with Gasteiger partial charge in [0.25, 0.3) is 10.0 Å². The summed E-state index contributed by atoms with van der Waals surface area (Å²) in [4.78, 5) is 36.6. The van der Waals surface area contributed by atoms with E-state index in [1.54, 1.807) is 12.1 Å². The Hall–Kier alpha value is -3.40. The van der Waals surface area contributed by atoms with Crippen LogP contribution in [-0.4, -0.2) is 40.4 Å². The number of benzene rings is 2. The van der Waals surface area contributed by atoms with Gasteiger partial charge in [-0.05, 0) is 30.3 Å². The van der Waals surface area contributed by atoms with Crippen molar-refractivity contribution in [3.8, 4) is 5.75 Å². The van der Waals surface area contributed by atoms with Gasteiger partial charge in [0.2, 0.25) is 11.8 Å². The number of amides is 2. The molecule has 1 N–H and O–H groups in total. The van der Waals surface area contributed by atoms with E-state index < -0.39 is 27.8 Å². The van der Waals surface area contributed by atoms with Gasteiger partial charge in [0.05, 0.1) is 31.2 Å². The molecule has 152 valence electrons. The zero-order chi connectivity index (χ0) is 21.2. The predicted octanol–water partition coefficient (Wildman–Crippen LogP) is 1.94. The summed E-state index contributed by atoms with van der Waals surface area (Å²) in [6, 6.07) is 9.92. The largest absolute Gasteiger partial charge is 0.495 e. The van der Waals surface area contributed by atoms with Gasteiger partial charge in [-0.1, -0.05) is 12.1 Å². The molecule has 0 spiro atoms. The number of hydrogen-bond donors (Lipinski definition) is 1. The molecule has 10 heteroatoms. The van der Waals surface area contributed by atoms with Crippen LogP contribution in [-0.2, 0) is 24.3 Å². The van der Waals surface area contributed by atoms with E-state index in [2.05, 4.69) is 9.46 Å². The second kappa shape index (κ2) is 7.92. The lowest BCUT2D eigenvalue weighted by Crippen LogP contribution is -2.29. The van der Waals surface area contributed by atoms with E-state index in [0.29, 0.717) is 0 Å². The Labute approximate surface area is 167 Å². The maximum atomic E-state index is 13.0. The fourth-order valence-electron chi connectivity index (χ4n) is 2.94. The fraction of sp³-hybridized carbons (Fsp3) is 0.211. The number of rotatable bonds is 6. The topological polar surface area (TPSA) is 119 Å². The lowest BCUT2D eigenvalue weighted by atomic mass is 10.2. The first-order valence-electron chi connectivity index (χ1n) is 8.52. The van der Waals surface area contributed by atoms with Gasteiger partial charge >= 0.3 is 5.97 Å². The van der Waals surface area contributed by atoms with Crippen LogP contribution in [0.15, 0.2) is 47.4 Å². The first-order valence-corrected chi connectivity index (χ1v) is 10.0. The van der Waals surface area contributed by atoms with Crippen molar-refractivity contribution >= 4 is 39.2 Å². The van der Waals surface area contributed by atoms with Crippen molar-refractivity contribution in [2.24, 2.45) is 0 Å². The Morgan fingerprint density at radius 2 is 1.69 bits per heavy atom. The highest BCUT2D eigenvalue weighted by atomic mass is 32.2. The normalized spacial score (nSPS) is 14.1. The van der Waals surface area contributed by atoms with Crippen molar-refractivity contribution in [2.45, 2.75) is 17.7 Å². The van der Waals surface area contributed by atoms with E-state index in [0.717, 1.165) is 4.90 Å². The maximum Gasteiger partial charge on any atom is 0.339 e. The van der Waals surface area contributed by atoms with Gasteiger partial charge in [-0.25, -0.2) is 13.2 Å². The standard InChI is InChI=1S/C19H18N2O7S/c1-27-15-8-7-12(21-17(22)9-10-18(21)23)11-16(15)29(25,26)20-14-6-4-3-5-13(14)19(24)28-2/h3-8,11,20H,9-10H2,1-2H3. The van der Waals surface area contributed by atoms with Gasteiger partial charge in [-0.15, -0.1) is 0 Å². The first kappa shape index (κ1) is 20.3. The van der Waals surface area contributed by atoms with Gasteiger partial charge in [0.15, 0.2) is 0 Å². The number of sulfonamides is 1. The third-order valence-electron chi connectivity index (χ3n) is 4.32. The number of esters is 1. The number of methoxy groups -OCH3 is 2. The Morgan fingerprint density at radius 3 is 2.31 bits per heavy atom. The number of ether oxygens (including phenoxy) is 2. The third kappa shape index (κ3) is 3.92. The minimum Gasteiger partial charge on any atom is -0.495 e. The van der Waals surface area contributed by atoms with Crippen LogP contribution in [0.3, 0.4) is 0 Å². The summed E-state index contributed by atoms with van der Waals surface area (Å²) in [6.45, 7) is 0. The van der Waals surface area contributed by atoms with Gasteiger partial charge in [0.1, 0.15) is 10.6 Å². The van der Waals surface area contributed by atoms with Gasteiger partial charge in [-0.3, -0.25) is 19.2 Å². The average molecular weight is 418 g/mol. The molecule has 1 aliphatic heterocycles. The number of para-hydroxylation sites is 1. The second-order valence-corrected chi connectivity index (χ2v) is 7.75. The molecule has 1 saturated heterocycles. The van der Waals surface area contributed by atoms with Crippen LogP contribution in [0, 0.1) is 0 Å². The van der Waals surface area contributed by atoms with Gasteiger partial charge in [0, 0.05) is 12.8 Å². The number of carbonyl (C=O) groups is 3. The van der Waals surface area contributed by atoms with Crippen LogP contribution in [0.2, 0.25) is 0 Å². The highest BCUT2D eigenvalue weighted by Gasteiger charge is 2.32. The molecule has 29 heavy (non-hydrogen) atoms. The number of hydrogen-bond acceptors (Lipinski definition) is 7. The Kier molecular flexibility index (Phi) is 5.55. The summed E-state index contributed by atoms with van der Waals surface area (Å²) in [5.74, 6) is -1.52. The van der Waals surface area contributed by atoms with Crippen LogP contribution in [0.25, 0.3) is 0 Å². The second-order valence-electron chi connectivity index (χ2n) is 6.10. The summed E-state index contributed by atoms with van der Waals surface area (Å²) >= 11 is 0. The zero-order valence-electron chi connectivity index (χ0n) is 15.7. The number of nitrogens with zero attached hydrogens (tertiary/aromatic N) is 1. The molecule has 9 nitrogen and oxygen atoms in total. The quantitative estimate of drug-likeness (QED) is 0.562. The molecule has 3 rings (SSSR count). The Balaban J connectivity index is 2.05. The summed E-state index contributed by atoms with van der Waals surface area (Å²) in [7, 11) is -1.76. The molecule has 1 aliphatic rings. The smallest absolute Gasteiger partial charge is 0.339 e. The molecule has 0 atom stereocenters. The van der Waals surface area contributed by atoms with E-state index in [-0.39, 0.29) is 40.4 Å². The first-order chi connectivity index (χ1) is 13.8. The molecule has 0 bridgehead atoms. The lowest BCUT2D eigenvalue weighted by molar-refractivity contribution is -0.121. The number of anilines is 2. The predicted molar refractivity (Wildman–Crippen MR) is 103 cm³/mol. The minimum absolute atomic E-state index is 0.0101. The van der Waals surface area contributed by atoms with Crippen molar-refractivity contribution in [3.05, 3.63) is 48.0 Å². The summed E-state index contributed by atoms with van der Waals surface area (Å²) in [6.07, 6.45) is 0.134. The van der Waals surface area contributed by atoms with Crippen molar-refractivity contribution < 1.29 is 32.3 Å². The number of imide groups is 1. The van der Waals surface area contributed by atoms with Crippen molar-refractivity contribution in [3.63, 3.8) is 0 Å². The van der Waals surface area contributed by atoms with E-state index in [1.165, 1.54) is 44.6 Å². The van der Waals surface area contributed by atoms with Gasteiger partial charge < -0.3 is 9.47 Å². The molecule has 0 unspecified atom stereocenters. The highest BCUT2D eigenvalue weighted by Crippen LogP contribution is 2.33. The molecule has 0 radical (unpaired) electrons. The monoisotopic (exact) mass is 418 g/mol. The molecule has 0 aromatic heterocycles. The molecular weight excluding hydrogens is 400 g/mol. The van der Waals surface area contributed by atoms with Crippen LogP contribution in [0.4, 0.5) is 11.4 Å². The van der Waals surface area contributed by atoms with Crippen LogP contribution >= 0.6 is 0 Å². The highest BCUT2D eigenvalue weighted by molar-refractivity contribution is 7.92. The molecule has 1 fully saturated rings. The van der Waals surface area contributed by atoms with E-state index >= 15 is 0 Å². The van der Waals surface area contributed by atoms with Crippen LogP contribution in [0.5, 0.6) is 5.75 Å². The van der Waals surface area contributed by atoms with E-state index in [9.17, 15) is 22.8 Å². The summed E-state index contributed by atoms with van der Waals surface area (Å²) in [5.41, 5.74) is 0.165. The zero-order valence-corrected chi connectivity index (χ0v) is 16.5. The van der Waals surface area contributed by atoms with Crippen molar-refractivity contribution in [2.75, 3.05) is 23.8 Å². The van der Waals surface area contributed by atoms with E-state index in [1.807, 2.05) is 0 Å². The van der Waals surface area contributed by atoms with Gasteiger partial charge in [-0.2, -0.15) is 0 Å². The third-order valence-corrected chi connectivity index (χ3v) is 5.71. The number of nitrogens with one attached hydrogen (secondary N) is 1. The van der Waals surface area contributed by atoms with Crippen molar-refractivity contribution in [1.29, 1.82) is 0 Å². The molecule has 2 aromatic carbocycles. The molecule has 2 amide bonds. The Morgan fingerprint density at radius 1 is 1.03 bits per heavy atom. The minimum atomic E-state index is -4.24. The van der Waals surface area contributed by atoms with Crippen LogP contribution < -0.4 is 14.4 Å². The van der Waals surface area contributed by atoms with E-state index in [4.69, 9.17) is 4.74 Å². The average Bonchev–Trinajstić information content (AvgIpc) is 3.05. The molecule has 2 aromatic rings. The molecule has 0 saturated carbocycles. The molecular formula is C19H18N2O7S. The molecule has 1 heterocycles. The number of carbonyl (C=O) groups excluding carboxylic acids is 3. The molecule has 0 aliphatic carbocycles. The fourth-order valence-corrected chi connectivity index (χ4v) is 4.21. The van der Waals surface area contributed by atoms with Crippen LogP contribution in [0.1, 0.15) is 23.2 Å². The summed E-state index contributed by atoms with van der Waals surface area (Å²) < 4.78 is 38.2. The maximum absolute atomic E-state index is 13.0. The summed E-state index contributed by atoms with van der Waals surface area (Å²) in [5, 5.41) is 0. The van der Waals surface area contributed by atoms with Crippen molar-refractivity contribution in [1.82, 2.24) is 0 Å². The Bertz CT molecular complexity index is 1080.